The van der Waals surface area contributed by atoms with Crippen molar-refractivity contribution in [2.45, 2.75) is 16.0 Å². The van der Waals surface area contributed by atoms with Crippen LogP contribution in [0.15, 0.2) is 86.1 Å². The molecule has 10 nitrogen and oxygen atoms in total. The first kappa shape index (κ1) is 21.9. The smallest absolute Gasteiger partial charge is 0.278 e. The van der Waals surface area contributed by atoms with Gasteiger partial charge in [0.25, 0.3) is 20.8 Å². The molecule has 0 aliphatic carbocycles. The highest BCUT2D eigenvalue weighted by atomic mass is 32.2. The fourth-order valence-electron chi connectivity index (χ4n) is 3.27. The second kappa shape index (κ2) is 8.80. The van der Waals surface area contributed by atoms with E-state index in [-0.39, 0.29) is 21.6 Å². The molecule has 34 heavy (non-hydrogen) atoms. The summed E-state index contributed by atoms with van der Waals surface area (Å²) in [5, 5.41) is 8.72. The molecule has 12 heteroatoms. The van der Waals surface area contributed by atoms with Crippen molar-refractivity contribution in [1.82, 2.24) is 20.0 Å². The lowest BCUT2D eigenvalue weighted by molar-refractivity contribution is 0.417. The number of methoxy groups -OCH3 is 1. The highest BCUT2D eigenvalue weighted by Crippen LogP contribution is 2.29. The lowest BCUT2D eigenvalue weighted by Gasteiger charge is -2.11. The summed E-state index contributed by atoms with van der Waals surface area (Å²) in [6.45, 7) is 0. The van der Waals surface area contributed by atoms with Crippen LogP contribution in [-0.2, 0) is 15.9 Å². The molecule has 0 aliphatic heterocycles. The standard InChI is InChI=1S/C22H17N5O5S2/c1-31-19-9-5-4-8-17(19)25-34(29,30)14-10-11-20-18(12-14)23-22(32-20)33-13-27-21(28)15-6-2-3-7-16(15)24-26-27/h2-12,25H,13H2,1H3. The molecule has 2 heterocycles. The van der Waals surface area contributed by atoms with Gasteiger partial charge in [-0.2, -0.15) is 4.68 Å². The minimum atomic E-state index is -3.89. The lowest BCUT2D eigenvalue weighted by atomic mass is 10.2. The van der Waals surface area contributed by atoms with Gasteiger partial charge in [-0.3, -0.25) is 9.52 Å². The predicted molar refractivity (Wildman–Crippen MR) is 127 cm³/mol. The van der Waals surface area contributed by atoms with E-state index in [1.54, 1.807) is 48.5 Å². The maximum atomic E-state index is 12.9. The number of para-hydroxylation sites is 2. The summed E-state index contributed by atoms with van der Waals surface area (Å²) >= 11 is 1.14. The van der Waals surface area contributed by atoms with Gasteiger partial charge in [-0.25, -0.2) is 13.4 Å². The number of oxazole rings is 1. The predicted octanol–water partition coefficient (Wildman–Crippen LogP) is 3.49. The van der Waals surface area contributed by atoms with E-state index in [4.69, 9.17) is 9.15 Å². The molecule has 3 aromatic carbocycles. The second-order valence-corrected chi connectivity index (χ2v) is 9.68. The fourth-order valence-corrected chi connectivity index (χ4v) is 5.08. The van der Waals surface area contributed by atoms with Gasteiger partial charge in [-0.05, 0) is 54.2 Å². The quantitative estimate of drug-likeness (QED) is 0.337. The van der Waals surface area contributed by atoms with Crippen LogP contribution < -0.4 is 15.0 Å². The number of nitrogens with zero attached hydrogens (tertiary/aromatic N) is 4. The molecule has 0 bridgehead atoms. The van der Waals surface area contributed by atoms with Gasteiger partial charge in [0.05, 0.1) is 23.1 Å². The lowest BCUT2D eigenvalue weighted by Crippen LogP contribution is -2.23. The number of nitrogens with one attached hydrogen (secondary N) is 1. The van der Waals surface area contributed by atoms with E-state index in [9.17, 15) is 13.2 Å². The molecule has 0 atom stereocenters. The van der Waals surface area contributed by atoms with Crippen molar-refractivity contribution in [3.8, 4) is 5.75 Å². The summed E-state index contributed by atoms with van der Waals surface area (Å²) in [7, 11) is -2.43. The van der Waals surface area contributed by atoms with E-state index in [0.29, 0.717) is 33.4 Å². The molecule has 172 valence electrons. The molecule has 0 fully saturated rings. The molecule has 0 spiro atoms. The van der Waals surface area contributed by atoms with Gasteiger partial charge in [0.1, 0.15) is 22.7 Å². The van der Waals surface area contributed by atoms with Crippen molar-refractivity contribution in [2.24, 2.45) is 0 Å². The van der Waals surface area contributed by atoms with Crippen LogP contribution >= 0.6 is 11.8 Å². The molecule has 0 saturated heterocycles. The Morgan fingerprint density at radius 1 is 1.06 bits per heavy atom. The SMILES string of the molecule is COc1ccccc1NS(=O)(=O)c1ccc2oc(SCn3nnc4ccccc4c3=O)nc2c1. The first-order valence-electron chi connectivity index (χ1n) is 9.96. The first-order valence-corrected chi connectivity index (χ1v) is 12.4. The minimum Gasteiger partial charge on any atom is -0.495 e. The highest BCUT2D eigenvalue weighted by Gasteiger charge is 2.19. The van der Waals surface area contributed by atoms with Gasteiger partial charge in [-0.1, -0.05) is 29.5 Å². The largest absolute Gasteiger partial charge is 0.495 e. The summed E-state index contributed by atoms with van der Waals surface area (Å²) in [5.41, 5.74) is 1.34. The number of rotatable bonds is 7. The zero-order valence-electron chi connectivity index (χ0n) is 17.7. The summed E-state index contributed by atoms with van der Waals surface area (Å²) in [4.78, 5) is 17.0. The number of anilines is 1. The monoisotopic (exact) mass is 495 g/mol. The molecule has 5 rings (SSSR count). The third-order valence-electron chi connectivity index (χ3n) is 4.94. The van der Waals surface area contributed by atoms with Crippen LogP contribution in [0.5, 0.6) is 5.75 Å². The van der Waals surface area contributed by atoms with Crippen LogP contribution in [0.1, 0.15) is 0 Å². The van der Waals surface area contributed by atoms with Crippen LogP contribution in [0.4, 0.5) is 5.69 Å². The number of hydrogen-bond donors (Lipinski definition) is 1. The topological polar surface area (TPSA) is 129 Å². The van der Waals surface area contributed by atoms with Crippen LogP contribution in [0.25, 0.3) is 22.0 Å². The first-order chi connectivity index (χ1) is 16.4. The third kappa shape index (κ3) is 4.20. The maximum Gasteiger partial charge on any atom is 0.278 e. The van der Waals surface area contributed by atoms with E-state index < -0.39 is 10.0 Å². The van der Waals surface area contributed by atoms with E-state index >= 15 is 0 Å². The number of ether oxygens (including phenoxy) is 1. The van der Waals surface area contributed by atoms with Crippen molar-refractivity contribution in [2.75, 3.05) is 11.8 Å². The zero-order chi connectivity index (χ0) is 23.7. The maximum absolute atomic E-state index is 12.9. The summed E-state index contributed by atoms with van der Waals surface area (Å²) in [5.74, 6) is 0.531. The Balaban J connectivity index is 1.38. The molecule has 0 aliphatic rings. The van der Waals surface area contributed by atoms with E-state index in [0.717, 1.165) is 11.8 Å². The number of fused-ring (bicyclic) bond motifs is 2. The molecular formula is C22H17N5O5S2. The number of aromatic nitrogens is 4. The average molecular weight is 496 g/mol. The Bertz CT molecular complexity index is 1680. The zero-order valence-corrected chi connectivity index (χ0v) is 19.3. The van der Waals surface area contributed by atoms with Crippen LogP contribution in [0, 0.1) is 0 Å². The van der Waals surface area contributed by atoms with Crippen molar-refractivity contribution < 1.29 is 17.6 Å². The fraction of sp³-hybridized carbons (Fsp3) is 0.0909. The van der Waals surface area contributed by atoms with Gasteiger partial charge >= 0.3 is 0 Å². The van der Waals surface area contributed by atoms with Crippen molar-refractivity contribution >= 4 is 49.5 Å². The summed E-state index contributed by atoms with van der Waals surface area (Å²) in [6, 6.07) is 18.1. The summed E-state index contributed by atoms with van der Waals surface area (Å²) < 4.78 is 40.4. The number of thioether (sulfide) groups is 1. The Morgan fingerprint density at radius 3 is 2.71 bits per heavy atom. The van der Waals surface area contributed by atoms with Gasteiger partial charge < -0.3 is 9.15 Å². The number of benzene rings is 3. The summed E-state index contributed by atoms with van der Waals surface area (Å²) in [6.07, 6.45) is 0. The molecular weight excluding hydrogens is 478 g/mol. The van der Waals surface area contributed by atoms with Gasteiger partial charge in [0, 0.05) is 0 Å². The van der Waals surface area contributed by atoms with E-state index in [1.165, 1.54) is 30.0 Å². The Labute approximate surface area is 197 Å². The highest BCUT2D eigenvalue weighted by molar-refractivity contribution is 7.98. The molecule has 0 saturated carbocycles. The van der Waals surface area contributed by atoms with Gasteiger partial charge in [-0.15, -0.1) is 5.10 Å². The van der Waals surface area contributed by atoms with E-state index in [2.05, 4.69) is 20.0 Å². The molecule has 5 aromatic rings. The van der Waals surface area contributed by atoms with E-state index in [1.807, 2.05) is 0 Å². The molecule has 0 unspecified atom stereocenters. The van der Waals surface area contributed by atoms with Crippen LogP contribution in [-0.4, -0.2) is 35.5 Å². The normalized spacial score (nSPS) is 11.7. The third-order valence-corrected chi connectivity index (χ3v) is 7.10. The second-order valence-electron chi connectivity index (χ2n) is 7.10. The van der Waals surface area contributed by atoms with Gasteiger partial charge in [0.15, 0.2) is 5.58 Å². The van der Waals surface area contributed by atoms with Gasteiger partial charge in [0.2, 0.25) is 0 Å². The minimum absolute atomic E-state index is 0.0207. The molecule has 1 N–H and O–H groups in total. The number of sulfonamides is 1. The van der Waals surface area contributed by atoms with Crippen molar-refractivity contribution in [3.63, 3.8) is 0 Å². The Kier molecular flexibility index (Phi) is 5.67. The van der Waals surface area contributed by atoms with Crippen molar-refractivity contribution in [1.29, 1.82) is 0 Å². The molecule has 0 radical (unpaired) electrons. The molecule has 0 amide bonds. The average Bonchev–Trinajstić information content (AvgIpc) is 3.26. The Hall–Kier alpha value is -3.90. The Morgan fingerprint density at radius 2 is 1.85 bits per heavy atom. The van der Waals surface area contributed by atoms with Crippen LogP contribution in [0.3, 0.4) is 0 Å². The number of hydrogen-bond acceptors (Lipinski definition) is 9. The molecule has 2 aromatic heterocycles. The van der Waals surface area contributed by atoms with Crippen LogP contribution in [0.2, 0.25) is 0 Å². The van der Waals surface area contributed by atoms with Crippen molar-refractivity contribution in [3.05, 3.63) is 77.1 Å².